The summed E-state index contributed by atoms with van der Waals surface area (Å²) in [6, 6.07) is 15.9. The number of benzene rings is 2. The van der Waals surface area contributed by atoms with Gasteiger partial charge in [0, 0.05) is 22.5 Å². The molecule has 0 aliphatic carbocycles. The Kier molecular flexibility index (Phi) is 7.61. The van der Waals surface area contributed by atoms with Gasteiger partial charge in [-0.2, -0.15) is 5.26 Å². The number of nitriles is 1. The van der Waals surface area contributed by atoms with E-state index in [1.165, 1.54) is 0 Å². The topological polar surface area (TPSA) is 85.2 Å². The summed E-state index contributed by atoms with van der Waals surface area (Å²) in [5.74, 6) is -0.392. The molecule has 0 bridgehead atoms. The van der Waals surface area contributed by atoms with Crippen LogP contribution in [0.2, 0.25) is 10.0 Å². The summed E-state index contributed by atoms with van der Waals surface area (Å²) in [6.45, 7) is 4.24. The van der Waals surface area contributed by atoms with Gasteiger partial charge in [0.05, 0.1) is 24.8 Å². The van der Waals surface area contributed by atoms with Gasteiger partial charge in [0.15, 0.2) is 0 Å². The van der Waals surface area contributed by atoms with Crippen LogP contribution in [-0.2, 0) is 10.2 Å². The number of nitrogens with zero attached hydrogens (tertiary/aromatic N) is 1. The number of carbonyl (C=O) groups excluding carboxylic acids is 1. The summed E-state index contributed by atoms with van der Waals surface area (Å²) in [5, 5.41) is 27.4. The molecule has 1 aliphatic rings. The Morgan fingerprint density at radius 2 is 1.97 bits per heavy atom. The first-order valence-corrected chi connectivity index (χ1v) is 11.1. The molecule has 1 aliphatic heterocycles. The lowest BCUT2D eigenvalue weighted by molar-refractivity contribution is -0.124. The largest absolute Gasteiger partial charge is 0.394 e. The molecule has 1 saturated heterocycles. The van der Waals surface area contributed by atoms with Crippen LogP contribution in [0.4, 0.5) is 0 Å². The van der Waals surface area contributed by atoms with Crippen molar-refractivity contribution < 1.29 is 9.90 Å². The molecule has 3 N–H and O–H groups in total. The normalized spacial score (nSPS) is 24.0. The molecule has 4 atom stereocenters. The van der Waals surface area contributed by atoms with Crippen LogP contribution in [0, 0.1) is 17.2 Å². The second-order valence-corrected chi connectivity index (χ2v) is 9.37. The van der Waals surface area contributed by atoms with Crippen molar-refractivity contribution in [3.8, 4) is 6.07 Å². The number of carbonyl (C=O) groups is 1. The molecule has 31 heavy (non-hydrogen) atoms. The maximum atomic E-state index is 13.3. The first-order chi connectivity index (χ1) is 14.8. The molecule has 3 rings (SSSR count). The van der Waals surface area contributed by atoms with E-state index < -0.39 is 17.4 Å². The van der Waals surface area contributed by atoms with Gasteiger partial charge in [-0.05, 0) is 47.7 Å². The third-order valence-corrected chi connectivity index (χ3v) is 6.32. The van der Waals surface area contributed by atoms with E-state index in [0.29, 0.717) is 28.9 Å². The summed E-state index contributed by atoms with van der Waals surface area (Å²) < 4.78 is 0. The van der Waals surface area contributed by atoms with Crippen molar-refractivity contribution in [2.75, 3.05) is 13.2 Å². The van der Waals surface area contributed by atoms with Crippen molar-refractivity contribution in [1.29, 1.82) is 5.26 Å². The first kappa shape index (κ1) is 23.6. The predicted octanol–water partition coefficient (Wildman–Crippen LogP) is 4.03. The summed E-state index contributed by atoms with van der Waals surface area (Å²) in [5.41, 5.74) is 0.607. The first-order valence-electron chi connectivity index (χ1n) is 10.4. The molecule has 1 fully saturated rings. The second-order valence-electron chi connectivity index (χ2n) is 8.50. The lowest BCUT2D eigenvalue weighted by atomic mass is 9.68. The second kappa shape index (κ2) is 10.0. The van der Waals surface area contributed by atoms with Crippen molar-refractivity contribution in [2.24, 2.45) is 5.92 Å². The van der Waals surface area contributed by atoms with Gasteiger partial charge in [0.25, 0.3) is 0 Å². The third-order valence-electron chi connectivity index (χ3n) is 5.84. The molecule has 1 heterocycles. The Hall–Kier alpha value is -2.10. The van der Waals surface area contributed by atoms with Gasteiger partial charge in [-0.15, -0.1) is 0 Å². The average molecular weight is 460 g/mol. The number of nitrogens with one attached hydrogen (secondary N) is 2. The van der Waals surface area contributed by atoms with E-state index in [1.54, 1.807) is 24.3 Å². The van der Waals surface area contributed by atoms with Crippen LogP contribution in [-0.4, -0.2) is 36.2 Å². The van der Waals surface area contributed by atoms with E-state index in [0.717, 1.165) is 11.1 Å². The van der Waals surface area contributed by atoms with Crippen molar-refractivity contribution in [3.05, 3.63) is 69.7 Å². The fraction of sp³-hybridized carbons (Fsp3) is 0.417. The van der Waals surface area contributed by atoms with E-state index in [9.17, 15) is 15.2 Å². The van der Waals surface area contributed by atoms with Crippen molar-refractivity contribution in [1.82, 2.24) is 10.6 Å². The molecule has 0 saturated carbocycles. The molecule has 0 aromatic heterocycles. The SMILES string of the molecule is CC(C)C[C@H](CO)NC(=O)C1NCC(C#N)(c2ccc(Cl)cc2)[C@@H]1c1cccc(Cl)c1. The average Bonchev–Trinajstić information content (AvgIpc) is 3.14. The number of hydrogen-bond acceptors (Lipinski definition) is 4. The standard InChI is InChI=1S/C24H27Cl2N3O2/c1-15(2)10-20(12-30)29-23(31)22-21(16-4-3-5-19(26)11-16)24(13-27,14-28-22)17-6-8-18(25)9-7-17/h3-9,11,15,20-22,28,30H,10,12,14H2,1-2H3,(H,29,31)/t20-,21-,22?,24?/m1/s1. The molecule has 164 valence electrons. The minimum absolute atomic E-state index is 0.140. The zero-order chi connectivity index (χ0) is 22.6. The molecular formula is C24H27Cl2N3O2. The third kappa shape index (κ3) is 5.05. The van der Waals surface area contributed by atoms with Crippen LogP contribution in [0.3, 0.4) is 0 Å². The van der Waals surface area contributed by atoms with Gasteiger partial charge in [-0.25, -0.2) is 0 Å². The number of halogens is 2. The van der Waals surface area contributed by atoms with Gasteiger partial charge >= 0.3 is 0 Å². The Balaban J connectivity index is 2.03. The Labute approximate surface area is 193 Å². The van der Waals surface area contributed by atoms with Crippen LogP contribution in [0.5, 0.6) is 0 Å². The predicted molar refractivity (Wildman–Crippen MR) is 123 cm³/mol. The van der Waals surface area contributed by atoms with Gasteiger partial charge < -0.3 is 15.7 Å². The highest BCUT2D eigenvalue weighted by atomic mass is 35.5. The zero-order valence-electron chi connectivity index (χ0n) is 17.6. The molecule has 5 nitrogen and oxygen atoms in total. The van der Waals surface area contributed by atoms with Gasteiger partial charge in [0.1, 0.15) is 5.41 Å². The molecule has 0 spiro atoms. The highest BCUT2D eigenvalue weighted by Crippen LogP contribution is 2.45. The van der Waals surface area contributed by atoms with Gasteiger partial charge in [0.2, 0.25) is 5.91 Å². The molecule has 2 aromatic carbocycles. The molecule has 2 aromatic rings. The van der Waals surface area contributed by atoms with E-state index in [-0.39, 0.29) is 18.6 Å². The summed E-state index contributed by atoms with van der Waals surface area (Å²) in [7, 11) is 0. The molecule has 2 unspecified atom stereocenters. The van der Waals surface area contributed by atoms with E-state index in [4.69, 9.17) is 23.2 Å². The smallest absolute Gasteiger partial charge is 0.238 e. The number of aliphatic hydroxyl groups is 1. The van der Waals surface area contributed by atoms with Crippen LogP contribution in [0.1, 0.15) is 37.3 Å². The molecule has 1 amide bonds. The molecule has 0 radical (unpaired) electrons. The summed E-state index contributed by atoms with van der Waals surface area (Å²) in [6.07, 6.45) is 0.664. The van der Waals surface area contributed by atoms with E-state index in [2.05, 4.69) is 16.7 Å². The number of aliphatic hydroxyl groups excluding tert-OH is 1. The quantitative estimate of drug-likeness (QED) is 0.583. The van der Waals surface area contributed by atoms with Crippen molar-refractivity contribution in [2.45, 2.75) is 43.7 Å². The number of hydrogen-bond donors (Lipinski definition) is 3. The van der Waals surface area contributed by atoms with Crippen LogP contribution in [0.25, 0.3) is 0 Å². The zero-order valence-corrected chi connectivity index (χ0v) is 19.1. The van der Waals surface area contributed by atoms with Crippen LogP contribution in [0.15, 0.2) is 48.5 Å². The summed E-state index contributed by atoms with van der Waals surface area (Å²) in [4.78, 5) is 13.3. The highest BCUT2D eigenvalue weighted by Gasteiger charge is 2.53. The molecular weight excluding hydrogens is 433 g/mol. The Bertz CT molecular complexity index is 958. The minimum atomic E-state index is -0.982. The van der Waals surface area contributed by atoms with Crippen molar-refractivity contribution >= 4 is 29.1 Å². The van der Waals surface area contributed by atoms with Crippen LogP contribution >= 0.6 is 23.2 Å². The van der Waals surface area contributed by atoms with E-state index >= 15 is 0 Å². The summed E-state index contributed by atoms with van der Waals surface area (Å²) >= 11 is 12.3. The van der Waals surface area contributed by atoms with Gasteiger partial charge in [-0.1, -0.05) is 61.3 Å². The minimum Gasteiger partial charge on any atom is -0.394 e. The number of amides is 1. The Morgan fingerprint density at radius 3 is 2.55 bits per heavy atom. The number of rotatable bonds is 7. The lowest BCUT2D eigenvalue weighted by Crippen LogP contribution is -2.49. The van der Waals surface area contributed by atoms with Crippen LogP contribution < -0.4 is 10.6 Å². The van der Waals surface area contributed by atoms with E-state index in [1.807, 2.05) is 38.1 Å². The fourth-order valence-corrected chi connectivity index (χ4v) is 4.77. The monoisotopic (exact) mass is 459 g/mol. The van der Waals surface area contributed by atoms with Gasteiger partial charge in [-0.3, -0.25) is 4.79 Å². The maximum Gasteiger partial charge on any atom is 0.238 e. The highest BCUT2D eigenvalue weighted by molar-refractivity contribution is 6.30. The fourth-order valence-electron chi connectivity index (χ4n) is 4.45. The maximum absolute atomic E-state index is 13.3. The van der Waals surface area contributed by atoms with Crippen molar-refractivity contribution in [3.63, 3.8) is 0 Å². The Morgan fingerprint density at radius 1 is 1.26 bits per heavy atom. The molecule has 7 heteroatoms. The lowest BCUT2D eigenvalue weighted by Gasteiger charge is -2.32.